The van der Waals surface area contributed by atoms with Gasteiger partial charge in [0.1, 0.15) is 0 Å². The summed E-state index contributed by atoms with van der Waals surface area (Å²) >= 11 is 0. The summed E-state index contributed by atoms with van der Waals surface area (Å²) in [5, 5.41) is 20.7. The number of imidazole rings is 1. The Morgan fingerprint density at radius 3 is 2.79 bits per heavy atom. The van der Waals surface area contributed by atoms with E-state index in [4.69, 9.17) is 0 Å². The van der Waals surface area contributed by atoms with Crippen LogP contribution in [-0.4, -0.2) is 31.8 Å². The summed E-state index contributed by atoms with van der Waals surface area (Å²) < 4.78 is 2.06. The van der Waals surface area contributed by atoms with E-state index < -0.39 is 17.5 Å². The van der Waals surface area contributed by atoms with Crippen LogP contribution < -0.4 is 0 Å². The molecule has 126 valence electrons. The molecule has 0 radical (unpaired) electrons. The van der Waals surface area contributed by atoms with Gasteiger partial charge in [-0.05, 0) is 24.8 Å². The van der Waals surface area contributed by atoms with Gasteiger partial charge >= 0.3 is 5.97 Å². The summed E-state index contributed by atoms with van der Waals surface area (Å²) in [7, 11) is 0. The minimum absolute atomic E-state index is 0.0492. The maximum atomic E-state index is 12.0. The number of carboxylic acids is 1. The largest absolute Gasteiger partial charge is 0.481 e. The summed E-state index contributed by atoms with van der Waals surface area (Å²) in [5.74, 6) is -0.855. The van der Waals surface area contributed by atoms with Gasteiger partial charge in [-0.1, -0.05) is 43.5 Å². The van der Waals surface area contributed by atoms with Gasteiger partial charge in [-0.25, -0.2) is 4.98 Å². The van der Waals surface area contributed by atoms with E-state index >= 15 is 0 Å². The third-order valence-electron chi connectivity index (χ3n) is 5.85. The van der Waals surface area contributed by atoms with Crippen LogP contribution in [0.1, 0.15) is 50.1 Å². The molecule has 2 heterocycles. The highest BCUT2D eigenvalue weighted by Crippen LogP contribution is 2.46. The molecule has 0 amide bonds. The van der Waals surface area contributed by atoms with Crippen LogP contribution >= 0.6 is 0 Å². The first kappa shape index (κ1) is 15.4. The van der Waals surface area contributed by atoms with E-state index in [1.807, 2.05) is 18.3 Å². The third-order valence-corrected chi connectivity index (χ3v) is 5.85. The van der Waals surface area contributed by atoms with E-state index in [0.29, 0.717) is 19.3 Å². The number of aromatic nitrogens is 2. The molecule has 4 rings (SSSR count). The molecule has 1 saturated carbocycles. The van der Waals surface area contributed by atoms with Crippen molar-refractivity contribution in [2.75, 3.05) is 0 Å². The van der Waals surface area contributed by atoms with E-state index in [-0.39, 0.29) is 6.04 Å². The molecule has 0 spiro atoms. The van der Waals surface area contributed by atoms with Crippen LogP contribution in [0.15, 0.2) is 36.8 Å². The van der Waals surface area contributed by atoms with Crippen molar-refractivity contribution >= 4 is 5.97 Å². The van der Waals surface area contributed by atoms with Crippen molar-refractivity contribution in [3.63, 3.8) is 0 Å². The maximum Gasteiger partial charge on any atom is 0.312 e. The molecule has 0 saturated heterocycles. The van der Waals surface area contributed by atoms with Crippen LogP contribution in [0, 0.1) is 5.41 Å². The molecule has 24 heavy (non-hydrogen) atoms. The first-order valence-corrected chi connectivity index (χ1v) is 8.66. The van der Waals surface area contributed by atoms with Gasteiger partial charge in [-0.15, -0.1) is 0 Å². The molecule has 2 unspecified atom stereocenters. The number of fused-ring (bicyclic) bond motifs is 3. The second-order valence-electron chi connectivity index (χ2n) is 7.06. The zero-order chi connectivity index (χ0) is 16.7. The van der Waals surface area contributed by atoms with Crippen molar-refractivity contribution in [1.29, 1.82) is 0 Å². The number of hydrogen-bond donors (Lipinski definition) is 2. The van der Waals surface area contributed by atoms with Crippen molar-refractivity contribution in [2.24, 2.45) is 5.41 Å². The topological polar surface area (TPSA) is 75.3 Å². The normalized spacial score (nSPS) is 22.6. The molecular weight excluding hydrogens is 304 g/mol. The van der Waals surface area contributed by atoms with Crippen LogP contribution in [0.5, 0.6) is 0 Å². The molecule has 1 aromatic carbocycles. The van der Waals surface area contributed by atoms with Crippen LogP contribution in [0.3, 0.4) is 0 Å². The molecule has 1 fully saturated rings. The minimum Gasteiger partial charge on any atom is -0.481 e. The van der Waals surface area contributed by atoms with Gasteiger partial charge in [-0.3, -0.25) is 4.79 Å². The number of hydrogen-bond acceptors (Lipinski definition) is 3. The predicted molar refractivity (Wildman–Crippen MR) is 89.6 cm³/mol. The fraction of sp³-hybridized carbons (Fsp3) is 0.474. The molecule has 2 aromatic rings. The van der Waals surface area contributed by atoms with E-state index in [0.717, 1.165) is 36.1 Å². The standard InChI is InChI=1S/C19H22N2O3/c22-17(19(18(23)24)8-4-1-5-9-19)10-15-13-6-2-3-7-14(13)16-11-20-12-21(15)16/h2-3,6-7,11-12,15,17,22H,1,4-5,8-10H2,(H,23,24). The van der Waals surface area contributed by atoms with E-state index in [1.54, 1.807) is 6.33 Å². The summed E-state index contributed by atoms with van der Waals surface area (Å²) in [4.78, 5) is 16.2. The Balaban J connectivity index is 1.67. The number of rotatable bonds is 4. The summed E-state index contributed by atoms with van der Waals surface area (Å²) in [6, 6.07) is 8.06. The highest BCUT2D eigenvalue weighted by molar-refractivity contribution is 5.76. The quantitative estimate of drug-likeness (QED) is 0.904. The van der Waals surface area contributed by atoms with Crippen molar-refractivity contribution in [2.45, 2.75) is 50.7 Å². The molecule has 2 aliphatic rings. The zero-order valence-electron chi connectivity index (χ0n) is 13.6. The van der Waals surface area contributed by atoms with Gasteiger partial charge < -0.3 is 14.8 Å². The summed E-state index contributed by atoms with van der Waals surface area (Å²) in [6.07, 6.45) is 7.10. The van der Waals surface area contributed by atoms with Gasteiger partial charge in [0, 0.05) is 5.56 Å². The number of benzene rings is 1. The molecule has 2 atom stereocenters. The molecule has 2 N–H and O–H groups in total. The summed E-state index contributed by atoms with van der Waals surface area (Å²) in [5.41, 5.74) is 2.30. The van der Waals surface area contributed by atoms with Crippen molar-refractivity contribution in [3.05, 3.63) is 42.4 Å². The molecule has 1 aliphatic carbocycles. The second kappa shape index (κ2) is 5.74. The minimum atomic E-state index is -1.00. The first-order valence-electron chi connectivity index (χ1n) is 8.66. The highest BCUT2D eigenvalue weighted by atomic mass is 16.4. The highest BCUT2D eigenvalue weighted by Gasteiger charge is 2.47. The molecule has 0 bridgehead atoms. The molecule has 1 aliphatic heterocycles. The number of nitrogens with zero attached hydrogens (tertiary/aromatic N) is 2. The van der Waals surface area contributed by atoms with Crippen LogP contribution in [-0.2, 0) is 4.79 Å². The first-order chi connectivity index (χ1) is 11.6. The second-order valence-corrected chi connectivity index (χ2v) is 7.06. The lowest BCUT2D eigenvalue weighted by Crippen LogP contribution is -2.45. The predicted octanol–water partition coefficient (Wildman–Crippen LogP) is 3.24. The number of aliphatic carboxylic acids is 1. The number of aliphatic hydroxyl groups is 1. The monoisotopic (exact) mass is 326 g/mol. The number of carbonyl (C=O) groups is 1. The lowest BCUT2D eigenvalue weighted by Gasteiger charge is -2.38. The van der Waals surface area contributed by atoms with Gasteiger partial charge in [0.2, 0.25) is 0 Å². The van der Waals surface area contributed by atoms with Gasteiger partial charge in [0.15, 0.2) is 0 Å². The fourth-order valence-corrected chi connectivity index (χ4v) is 4.48. The Morgan fingerprint density at radius 1 is 1.29 bits per heavy atom. The fourth-order valence-electron chi connectivity index (χ4n) is 4.48. The molecular formula is C19H22N2O3. The number of carboxylic acid groups (broad SMARTS) is 1. The zero-order valence-corrected chi connectivity index (χ0v) is 13.6. The van der Waals surface area contributed by atoms with Crippen molar-refractivity contribution < 1.29 is 15.0 Å². The van der Waals surface area contributed by atoms with Crippen molar-refractivity contribution in [1.82, 2.24) is 9.55 Å². The Kier molecular flexibility index (Phi) is 3.68. The average molecular weight is 326 g/mol. The molecule has 1 aromatic heterocycles. The lowest BCUT2D eigenvalue weighted by atomic mass is 9.68. The molecule has 5 heteroatoms. The SMILES string of the molecule is O=C(O)C1(C(O)CC2c3ccccc3-c3cncn32)CCCCC1. The smallest absolute Gasteiger partial charge is 0.312 e. The summed E-state index contributed by atoms with van der Waals surface area (Å²) in [6.45, 7) is 0. The van der Waals surface area contributed by atoms with Gasteiger partial charge in [0.05, 0.1) is 35.8 Å². The van der Waals surface area contributed by atoms with Crippen LogP contribution in [0.4, 0.5) is 0 Å². The van der Waals surface area contributed by atoms with Crippen LogP contribution in [0.25, 0.3) is 11.3 Å². The van der Waals surface area contributed by atoms with Crippen LogP contribution in [0.2, 0.25) is 0 Å². The maximum absolute atomic E-state index is 12.0. The Labute approximate surface area is 141 Å². The lowest BCUT2D eigenvalue weighted by molar-refractivity contribution is -0.160. The Morgan fingerprint density at radius 2 is 2.04 bits per heavy atom. The molecule has 5 nitrogen and oxygen atoms in total. The van der Waals surface area contributed by atoms with Crippen molar-refractivity contribution in [3.8, 4) is 11.3 Å². The Bertz CT molecular complexity index is 761. The van der Waals surface area contributed by atoms with E-state index in [1.165, 1.54) is 0 Å². The van der Waals surface area contributed by atoms with E-state index in [2.05, 4.69) is 21.7 Å². The average Bonchev–Trinajstić information content (AvgIpc) is 3.18. The van der Waals surface area contributed by atoms with Gasteiger partial charge in [0.25, 0.3) is 0 Å². The van der Waals surface area contributed by atoms with E-state index in [9.17, 15) is 15.0 Å². The Hall–Kier alpha value is -2.14. The van der Waals surface area contributed by atoms with Gasteiger partial charge in [-0.2, -0.15) is 0 Å². The third kappa shape index (κ3) is 2.18. The number of aliphatic hydroxyl groups excluding tert-OH is 1.